The van der Waals surface area contributed by atoms with E-state index in [2.05, 4.69) is 55.6 Å². The summed E-state index contributed by atoms with van der Waals surface area (Å²) in [4.78, 5) is 12.4. The molecule has 3 unspecified atom stereocenters. The van der Waals surface area contributed by atoms with Crippen molar-refractivity contribution in [2.24, 2.45) is 0 Å². The first kappa shape index (κ1) is 44.6. The highest BCUT2D eigenvalue weighted by Gasteiger charge is 2.26. The summed E-state index contributed by atoms with van der Waals surface area (Å²) in [5.74, 6) is -0.168. The predicted octanol–water partition coefficient (Wildman–Crippen LogP) is 10.8. The van der Waals surface area contributed by atoms with Crippen molar-refractivity contribution >= 4 is 5.91 Å². The molecule has 0 bridgehead atoms. The Morgan fingerprint density at radius 2 is 0.891 bits per heavy atom. The van der Waals surface area contributed by atoms with Crippen LogP contribution in [-0.2, 0) is 4.79 Å². The van der Waals surface area contributed by atoms with Gasteiger partial charge in [0.1, 0.15) is 6.10 Å². The topological polar surface area (TPSA) is 89.8 Å². The first-order chi connectivity index (χ1) is 22.6. The van der Waals surface area contributed by atoms with Crippen LogP contribution in [0.4, 0.5) is 0 Å². The second-order valence-electron chi connectivity index (χ2n) is 13.5. The molecule has 0 rings (SSSR count). The number of amides is 1. The van der Waals surface area contributed by atoms with Crippen molar-refractivity contribution in [2.45, 2.75) is 212 Å². The minimum Gasteiger partial charge on any atom is -0.394 e. The molecule has 0 radical (unpaired) electrons. The van der Waals surface area contributed by atoms with Gasteiger partial charge in [0.25, 0.3) is 0 Å². The van der Waals surface area contributed by atoms with Crippen LogP contribution in [-0.4, -0.2) is 46.1 Å². The van der Waals surface area contributed by atoms with Crippen LogP contribution >= 0.6 is 0 Å². The number of rotatable bonds is 35. The molecule has 270 valence electrons. The molecule has 0 fully saturated rings. The van der Waals surface area contributed by atoms with E-state index in [0.717, 1.165) is 51.4 Å². The van der Waals surface area contributed by atoms with Crippen LogP contribution in [0.15, 0.2) is 36.5 Å². The van der Waals surface area contributed by atoms with Crippen LogP contribution < -0.4 is 5.32 Å². The Balaban J connectivity index is 3.75. The number of aliphatic hydroxyl groups excluding tert-OH is 3. The molecule has 46 heavy (non-hydrogen) atoms. The first-order valence-corrected chi connectivity index (χ1v) is 19.8. The van der Waals surface area contributed by atoms with Gasteiger partial charge in [-0.2, -0.15) is 0 Å². The van der Waals surface area contributed by atoms with E-state index >= 15 is 0 Å². The number of aliphatic hydroxyl groups is 3. The molecule has 0 aromatic carbocycles. The quantitative estimate of drug-likeness (QED) is 0.0407. The summed E-state index contributed by atoms with van der Waals surface area (Å²) < 4.78 is 0. The van der Waals surface area contributed by atoms with Gasteiger partial charge in [-0.1, -0.05) is 147 Å². The lowest BCUT2D eigenvalue weighted by molar-refractivity contribution is -0.124. The van der Waals surface area contributed by atoms with Crippen LogP contribution in [0.5, 0.6) is 0 Å². The van der Waals surface area contributed by atoms with Crippen molar-refractivity contribution < 1.29 is 20.1 Å². The SMILES string of the molecule is CCCCCCC/C=C/CC/C=C/CCCC(O)C(O)C(CO)NC(=O)CCCCCCC/C=C\CCCCCCCCCCC. The van der Waals surface area contributed by atoms with Gasteiger partial charge >= 0.3 is 0 Å². The molecule has 0 aromatic rings. The molecule has 5 nitrogen and oxygen atoms in total. The van der Waals surface area contributed by atoms with Crippen molar-refractivity contribution in [1.82, 2.24) is 5.32 Å². The minimum absolute atomic E-state index is 0.168. The second kappa shape index (κ2) is 36.4. The Bertz CT molecular complexity index is 719. The van der Waals surface area contributed by atoms with E-state index in [9.17, 15) is 20.1 Å². The summed E-state index contributed by atoms with van der Waals surface area (Å²) >= 11 is 0. The van der Waals surface area contributed by atoms with Gasteiger partial charge in [-0.3, -0.25) is 4.79 Å². The largest absolute Gasteiger partial charge is 0.394 e. The predicted molar refractivity (Wildman–Crippen MR) is 199 cm³/mol. The minimum atomic E-state index is -1.17. The molecule has 0 heterocycles. The first-order valence-electron chi connectivity index (χ1n) is 19.8. The third kappa shape index (κ3) is 31.2. The summed E-state index contributed by atoms with van der Waals surface area (Å²) in [5, 5.41) is 33.3. The van der Waals surface area contributed by atoms with E-state index in [1.54, 1.807) is 0 Å². The molecule has 5 heteroatoms. The van der Waals surface area contributed by atoms with Crippen molar-refractivity contribution in [3.05, 3.63) is 36.5 Å². The summed E-state index contributed by atoms with van der Waals surface area (Å²) in [6, 6.07) is -0.834. The van der Waals surface area contributed by atoms with Gasteiger partial charge in [0, 0.05) is 6.42 Å². The molecule has 0 aliphatic carbocycles. The summed E-state index contributed by atoms with van der Waals surface area (Å²) in [7, 11) is 0. The Morgan fingerprint density at radius 3 is 1.33 bits per heavy atom. The summed E-state index contributed by atoms with van der Waals surface area (Å²) in [5.41, 5.74) is 0. The smallest absolute Gasteiger partial charge is 0.220 e. The lowest BCUT2D eigenvalue weighted by Crippen LogP contribution is -2.50. The Hall–Kier alpha value is -1.43. The molecular formula is C41H77NO4. The normalized spacial score (nSPS) is 14.1. The highest BCUT2D eigenvalue weighted by Crippen LogP contribution is 2.13. The number of hydrogen-bond acceptors (Lipinski definition) is 4. The average Bonchev–Trinajstić information content (AvgIpc) is 3.06. The van der Waals surface area contributed by atoms with Gasteiger partial charge in [-0.25, -0.2) is 0 Å². The van der Waals surface area contributed by atoms with E-state index in [-0.39, 0.29) is 12.5 Å². The fraction of sp³-hybridized carbons (Fsp3) is 0.829. The van der Waals surface area contributed by atoms with Crippen LogP contribution in [0.1, 0.15) is 194 Å². The molecule has 0 saturated heterocycles. The number of carbonyl (C=O) groups excluding carboxylic acids is 1. The van der Waals surface area contributed by atoms with Gasteiger partial charge in [-0.05, 0) is 77.0 Å². The maximum Gasteiger partial charge on any atom is 0.220 e. The monoisotopic (exact) mass is 648 g/mol. The Morgan fingerprint density at radius 1 is 0.522 bits per heavy atom. The van der Waals surface area contributed by atoms with Crippen molar-refractivity contribution in [2.75, 3.05) is 6.61 Å². The molecule has 0 aliphatic heterocycles. The van der Waals surface area contributed by atoms with E-state index < -0.39 is 18.2 Å². The molecule has 0 spiro atoms. The molecule has 3 atom stereocenters. The third-order valence-corrected chi connectivity index (χ3v) is 8.94. The highest BCUT2D eigenvalue weighted by molar-refractivity contribution is 5.76. The summed E-state index contributed by atoms with van der Waals surface area (Å²) in [6.07, 6.45) is 43.8. The number of nitrogens with one attached hydrogen (secondary N) is 1. The van der Waals surface area contributed by atoms with Crippen LogP contribution in [0.2, 0.25) is 0 Å². The maximum atomic E-state index is 12.4. The van der Waals surface area contributed by atoms with Crippen molar-refractivity contribution in [1.29, 1.82) is 0 Å². The van der Waals surface area contributed by atoms with E-state index in [4.69, 9.17) is 0 Å². The molecule has 4 N–H and O–H groups in total. The van der Waals surface area contributed by atoms with Crippen LogP contribution in [0.25, 0.3) is 0 Å². The maximum absolute atomic E-state index is 12.4. The molecule has 1 amide bonds. The number of allylic oxidation sites excluding steroid dienone is 6. The lowest BCUT2D eigenvalue weighted by atomic mass is 10.0. The Kier molecular flexibility index (Phi) is 35.3. The standard InChI is InChI=1S/C41H77NO4/c1-3-5-7-9-11-13-15-17-19-20-21-22-24-26-28-30-32-34-36-40(45)42-38(37-43)41(46)39(44)35-33-31-29-27-25-23-18-16-14-12-10-8-6-4-2/h16,18,21-22,27,29,38-39,41,43-44,46H,3-15,17,19-20,23-26,28,30-37H2,1-2H3,(H,42,45)/b18-16+,22-21-,29-27+. The fourth-order valence-corrected chi connectivity index (χ4v) is 5.82. The fourth-order valence-electron chi connectivity index (χ4n) is 5.82. The van der Waals surface area contributed by atoms with Gasteiger partial charge in [0.2, 0.25) is 5.91 Å². The van der Waals surface area contributed by atoms with Gasteiger partial charge in [0.05, 0.1) is 18.8 Å². The van der Waals surface area contributed by atoms with E-state index in [1.807, 2.05) is 0 Å². The zero-order chi connectivity index (χ0) is 33.8. The number of unbranched alkanes of at least 4 members (excludes halogenated alkanes) is 21. The van der Waals surface area contributed by atoms with Gasteiger partial charge in [-0.15, -0.1) is 0 Å². The molecule has 0 aliphatic rings. The zero-order valence-electron chi connectivity index (χ0n) is 30.5. The molecule has 0 saturated carbocycles. The highest BCUT2D eigenvalue weighted by atomic mass is 16.3. The average molecular weight is 648 g/mol. The van der Waals surface area contributed by atoms with Crippen molar-refractivity contribution in [3.63, 3.8) is 0 Å². The molecule has 0 aromatic heterocycles. The van der Waals surface area contributed by atoms with Crippen LogP contribution in [0, 0.1) is 0 Å². The van der Waals surface area contributed by atoms with Crippen LogP contribution in [0.3, 0.4) is 0 Å². The summed E-state index contributed by atoms with van der Waals surface area (Å²) in [6.45, 7) is 4.13. The number of carbonyl (C=O) groups is 1. The number of hydrogen-bond donors (Lipinski definition) is 4. The van der Waals surface area contributed by atoms with Gasteiger partial charge < -0.3 is 20.6 Å². The van der Waals surface area contributed by atoms with Gasteiger partial charge in [0.15, 0.2) is 0 Å². The zero-order valence-corrected chi connectivity index (χ0v) is 30.5. The van der Waals surface area contributed by atoms with E-state index in [1.165, 1.54) is 116 Å². The third-order valence-electron chi connectivity index (χ3n) is 8.94. The second-order valence-corrected chi connectivity index (χ2v) is 13.5. The van der Waals surface area contributed by atoms with Crippen molar-refractivity contribution in [3.8, 4) is 0 Å². The molecular weight excluding hydrogens is 570 g/mol. The van der Waals surface area contributed by atoms with E-state index in [0.29, 0.717) is 12.8 Å². The Labute approximate surface area is 285 Å². The lowest BCUT2D eigenvalue weighted by Gasteiger charge is -2.26.